The molecule has 0 bridgehead atoms. The first-order valence-corrected chi connectivity index (χ1v) is 8.60. The first-order valence-electron chi connectivity index (χ1n) is 8.60. The van der Waals surface area contributed by atoms with Crippen molar-refractivity contribution in [3.8, 4) is 0 Å². The number of benzene rings is 1. The molecular weight excluding hydrogens is 258 g/mol. The van der Waals surface area contributed by atoms with Gasteiger partial charge in [0.05, 0.1) is 6.04 Å². The molecule has 0 amide bonds. The monoisotopic (exact) mass is 289 g/mol. The molecule has 1 unspecified atom stereocenters. The molecule has 0 aliphatic rings. The van der Waals surface area contributed by atoms with Crippen LogP contribution in [0.3, 0.4) is 0 Å². The van der Waals surface area contributed by atoms with Crippen molar-refractivity contribution in [2.24, 2.45) is 5.73 Å². The Morgan fingerprint density at radius 2 is 1.43 bits per heavy atom. The van der Waals surface area contributed by atoms with Crippen LogP contribution in [0, 0.1) is 0 Å². The van der Waals surface area contributed by atoms with Crippen LogP contribution in [0.2, 0.25) is 0 Å². The number of hydrogen-bond donors (Lipinski definition) is 1. The van der Waals surface area contributed by atoms with E-state index in [-0.39, 0.29) is 11.8 Å². The zero-order valence-electron chi connectivity index (χ0n) is 13.5. The van der Waals surface area contributed by atoms with Crippen molar-refractivity contribution in [1.82, 2.24) is 0 Å². The van der Waals surface area contributed by atoms with Crippen LogP contribution in [0.15, 0.2) is 30.3 Å². The standard InChI is InChI=1S/C19H31NO/c1-2-3-4-5-6-7-8-9-13-16-18(20)19(21)17-14-11-10-12-15-17/h10-12,14-15,18H,2-9,13,16,20H2,1H3. The second-order valence-electron chi connectivity index (χ2n) is 5.95. The maximum absolute atomic E-state index is 12.1. The maximum Gasteiger partial charge on any atom is 0.179 e. The number of hydrogen-bond acceptors (Lipinski definition) is 2. The topological polar surface area (TPSA) is 43.1 Å². The molecule has 0 spiro atoms. The van der Waals surface area contributed by atoms with Gasteiger partial charge < -0.3 is 5.73 Å². The Morgan fingerprint density at radius 1 is 0.905 bits per heavy atom. The third-order valence-corrected chi connectivity index (χ3v) is 4.01. The molecule has 0 saturated carbocycles. The second-order valence-corrected chi connectivity index (χ2v) is 5.95. The summed E-state index contributed by atoms with van der Waals surface area (Å²) in [5.74, 6) is 0.0789. The van der Waals surface area contributed by atoms with Gasteiger partial charge in [-0.1, -0.05) is 95.0 Å². The molecule has 0 saturated heterocycles. The predicted molar refractivity (Wildman–Crippen MR) is 90.6 cm³/mol. The lowest BCUT2D eigenvalue weighted by atomic mass is 9.99. The highest BCUT2D eigenvalue weighted by molar-refractivity contribution is 5.99. The molecule has 0 heterocycles. The van der Waals surface area contributed by atoms with Crippen LogP contribution in [-0.4, -0.2) is 11.8 Å². The average Bonchev–Trinajstić information content (AvgIpc) is 2.53. The van der Waals surface area contributed by atoms with E-state index in [0.29, 0.717) is 0 Å². The van der Waals surface area contributed by atoms with Crippen LogP contribution in [0.25, 0.3) is 0 Å². The Hall–Kier alpha value is -1.15. The van der Waals surface area contributed by atoms with Crippen LogP contribution in [0.1, 0.15) is 81.5 Å². The van der Waals surface area contributed by atoms with Crippen LogP contribution in [-0.2, 0) is 0 Å². The predicted octanol–water partition coefficient (Wildman–Crippen LogP) is 5.12. The number of ketones is 1. The fourth-order valence-corrected chi connectivity index (χ4v) is 2.62. The summed E-state index contributed by atoms with van der Waals surface area (Å²) in [6.45, 7) is 2.25. The van der Waals surface area contributed by atoms with Crippen LogP contribution in [0.5, 0.6) is 0 Å². The molecule has 0 aliphatic heterocycles. The summed E-state index contributed by atoms with van der Waals surface area (Å²) in [4.78, 5) is 12.1. The van der Waals surface area contributed by atoms with Gasteiger partial charge in [0, 0.05) is 5.56 Å². The highest BCUT2D eigenvalue weighted by Gasteiger charge is 2.14. The summed E-state index contributed by atoms with van der Waals surface area (Å²) in [6, 6.07) is 9.05. The lowest BCUT2D eigenvalue weighted by Crippen LogP contribution is -2.30. The van der Waals surface area contributed by atoms with Gasteiger partial charge >= 0.3 is 0 Å². The fraction of sp³-hybridized carbons (Fsp3) is 0.632. The van der Waals surface area contributed by atoms with E-state index in [1.54, 1.807) is 0 Å². The van der Waals surface area contributed by atoms with Gasteiger partial charge in [-0.05, 0) is 6.42 Å². The van der Waals surface area contributed by atoms with Crippen LogP contribution >= 0.6 is 0 Å². The minimum absolute atomic E-state index is 0.0789. The summed E-state index contributed by atoms with van der Waals surface area (Å²) < 4.78 is 0. The molecule has 1 aromatic rings. The molecule has 0 aliphatic carbocycles. The largest absolute Gasteiger partial charge is 0.321 e. The summed E-state index contributed by atoms with van der Waals surface area (Å²) in [5.41, 5.74) is 6.73. The quantitative estimate of drug-likeness (QED) is 0.429. The summed E-state index contributed by atoms with van der Waals surface area (Å²) in [7, 11) is 0. The van der Waals surface area contributed by atoms with Crippen LogP contribution < -0.4 is 5.73 Å². The Morgan fingerprint density at radius 3 is 2.00 bits per heavy atom. The smallest absolute Gasteiger partial charge is 0.179 e. The first kappa shape index (κ1) is 17.9. The summed E-state index contributed by atoms with van der Waals surface area (Å²) in [6.07, 6.45) is 12.5. The van der Waals surface area contributed by atoms with Gasteiger partial charge in [0.25, 0.3) is 0 Å². The van der Waals surface area contributed by atoms with Crippen molar-refractivity contribution in [3.63, 3.8) is 0 Å². The van der Waals surface area contributed by atoms with Crippen molar-refractivity contribution in [3.05, 3.63) is 35.9 Å². The third-order valence-electron chi connectivity index (χ3n) is 4.01. The number of rotatable bonds is 12. The normalized spacial score (nSPS) is 12.3. The molecule has 1 atom stereocenters. The zero-order chi connectivity index (χ0) is 15.3. The second kappa shape index (κ2) is 11.5. The first-order chi connectivity index (χ1) is 10.3. The summed E-state index contributed by atoms with van der Waals surface area (Å²) >= 11 is 0. The number of carbonyl (C=O) groups is 1. The average molecular weight is 289 g/mol. The van der Waals surface area contributed by atoms with E-state index in [4.69, 9.17) is 5.73 Å². The van der Waals surface area contributed by atoms with E-state index < -0.39 is 0 Å². The van der Waals surface area contributed by atoms with Crippen molar-refractivity contribution >= 4 is 5.78 Å². The van der Waals surface area contributed by atoms with Gasteiger partial charge in [0.1, 0.15) is 0 Å². The minimum Gasteiger partial charge on any atom is -0.321 e. The van der Waals surface area contributed by atoms with Crippen molar-refractivity contribution in [2.75, 3.05) is 0 Å². The summed E-state index contributed by atoms with van der Waals surface area (Å²) in [5, 5.41) is 0. The lowest BCUT2D eigenvalue weighted by Gasteiger charge is -2.10. The third kappa shape index (κ3) is 8.01. The van der Waals surface area contributed by atoms with Gasteiger partial charge in [0.2, 0.25) is 0 Å². The Balaban J connectivity index is 2.03. The van der Waals surface area contributed by atoms with Gasteiger partial charge in [-0.15, -0.1) is 0 Å². The highest BCUT2D eigenvalue weighted by Crippen LogP contribution is 2.12. The van der Waals surface area contributed by atoms with E-state index in [1.807, 2.05) is 30.3 Å². The minimum atomic E-state index is -0.336. The maximum atomic E-state index is 12.1. The van der Waals surface area contributed by atoms with Crippen molar-refractivity contribution in [1.29, 1.82) is 0 Å². The molecule has 0 radical (unpaired) electrons. The Kier molecular flexibility index (Phi) is 9.81. The van der Waals surface area contributed by atoms with Crippen molar-refractivity contribution in [2.45, 2.75) is 77.2 Å². The number of unbranched alkanes of at least 4 members (excludes halogenated alkanes) is 8. The molecule has 2 nitrogen and oxygen atoms in total. The molecule has 2 N–H and O–H groups in total. The SMILES string of the molecule is CCCCCCCCCCCC(N)C(=O)c1ccccc1. The fourth-order valence-electron chi connectivity index (χ4n) is 2.62. The molecule has 1 rings (SSSR count). The van der Waals surface area contributed by atoms with E-state index in [0.717, 1.165) is 18.4 Å². The molecule has 21 heavy (non-hydrogen) atoms. The van der Waals surface area contributed by atoms with Gasteiger partial charge in [0.15, 0.2) is 5.78 Å². The van der Waals surface area contributed by atoms with E-state index in [9.17, 15) is 4.79 Å². The highest BCUT2D eigenvalue weighted by atomic mass is 16.1. The molecule has 0 fully saturated rings. The molecule has 0 aromatic heterocycles. The van der Waals surface area contributed by atoms with E-state index in [1.165, 1.54) is 51.4 Å². The Bertz CT molecular complexity index is 374. The molecule has 2 heteroatoms. The Labute approximate surface area is 130 Å². The number of carbonyl (C=O) groups excluding carboxylic acids is 1. The lowest BCUT2D eigenvalue weighted by molar-refractivity contribution is 0.0956. The van der Waals surface area contributed by atoms with Gasteiger partial charge in [-0.25, -0.2) is 0 Å². The molecule has 1 aromatic carbocycles. The number of Topliss-reactive ketones (excluding diaryl/α,β-unsaturated/α-hetero) is 1. The van der Waals surface area contributed by atoms with Gasteiger partial charge in [-0.2, -0.15) is 0 Å². The van der Waals surface area contributed by atoms with Crippen molar-refractivity contribution < 1.29 is 4.79 Å². The zero-order valence-corrected chi connectivity index (χ0v) is 13.5. The van der Waals surface area contributed by atoms with Crippen LogP contribution in [0.4, 0.5) is 0 Å². The molecule has 118 valence electrons. The number of nitrogens with two attached hydrogens (primary N) is 1. The van der Waals surface area contributed by atoms with Gasteiger partial charge in [-0.3, -0.25) is 4.79 Å². The molecular formula is C19H31NO. The van der Waals surface area contributed by atoms with E-state index >= 15 is 0 Å². The van der Waals surface area contributed by atoms with E-state index in [2.05, 4.69) is 6.92 Å².